The van der Waals surface area contributed by atoms with E-state index in [1.165, 1.54) is 34.7 Å². The maximum absolute atomic E-state index is 12.8. The van der Waals surface area contributed by atoms with Gasteiger partial charge in [-0.1, -0.05) is 19.1 Å². The highest BCUT2D eigenvalue weighted by atomic mass is 16.6. The van der Waals surface area contributed by atoms with Crippen molar-refractivity contribution in [3.63, 3.8) is 0 Å². The van der Waals surface area contributed by atoms with E-state index in [1.807, 2.05) is 24.3 Å². The molecule has 2 amide bonds. The first-order valence-corrected chi connectivity index (χ1v) is 8.88. The van der Waals surface area contributed by atoms with Gasteiger partial charge in [-0.15, -0.1) is 0 Å². The maximum Gasteiger partial charge on any atom is 0.269 e. The lowest BCUT2D eigenvalue weighted by Gasteiger charge is -2.39. The molecule has 7 nitrogen and oxygen atoms in total. The lowest BCUT2D eigenvalue weighted by atomic mass is 10.1. The highest BCUT2D eigenvalue weighted by Crippen LogP contribution is 2.23. The van der Waals surface area contributed by atoms with Crippen LogP contribution in [0.3, 0.4) is 0 Å². The lowest BCUT2D eigenvalue weighted by molar-refractivity contribution is -0.384. The van der Waals surface area contributed by atoms with Gasteiger partial charge >= 0.3 is 0 Å². The zero-order valence-corrected chi connectivity index (χ0v) is 15.3. The molecule has 0 bridgehead atoms. The summed E-state index contributed by atoms with van der Waals surface area (Å²) in [5.41, 5.74) is 2.29. The zero-order valence-electron chi connectivity index (χ0n) is 15.3. The average Bonchev–Trinajstić information content (AvgIpc) is 2.69. The Hall–Kier alpha value is -3.22. The first kappa shape index (κ1) is 18.6. The summed E-state index contributed by atoms with van der Waals surface area (Å²) < 4.78 is 0. The molecule has 1 aliphatic rings. The summed E-state index contributed by atoms with van der Waals surface area (Å²) in [6, 6.07) is 12.7. The number of carbonyl (C=O) groups is 2. The number of amides is 2. The van der Waals surface area contributed by atoms with Gasteiger partial charge in [-0.05, 0) is 43.2 Å². The number of nitrogens with zero attached hydrogens (tertiary/aromatic N) is 3. The number of piperazine rings is 1. The number of non-ortho nitro benzene ring substituents is 1. The summed E-state index contributed by atoms with van der Waals surface area (Å²) >= 11 is 0. The summed E-state index contributed by atoms with van der Waals surface area (Å²) in [6.07, 6.45) is 0.933. The number of benzene rings is 2. The molecule has 0 radical (unpaired) electrons. The number of hydrogen-bond donors (Lipinski definition) is 0. The number of hydrogen-bond acceptors (Lipinski definition) is 4. The molecule has 1 fully saturated rings. The fraction of sp³-hybridized carbons (Fsp3) is 0.300. The van der Waals surface area contributed by atoms with Crippen LogP contribution >= 0.6 is 0 Å². The van der Waals surface area contributed by atoms with Crippen LogP contribution in [0, 0.1) is 10.1 Å². The number of nitro groups is 1. The molecule has 0 aliphatic carbocycles. The third-order valence-electron chi connectivity index (χ3n) is 4.90. The minimum absolute atomic E-state index is 0.0731. The van der Waals surface area contributed by atoms with Gasteiger partial charge in [-0.25, -0.2) is 0 Å². The van der Waals surface area contributed by atoms with E-state index < -0.39 is 11.0 Å². The highest BCUT2D eigenvalue weighted by Gasteiger charge is 2.35. The number of aryl methyl sites for hydroxylation is 1. The first-order valence-electron chi connectivity index (χ1n) is 8.88. The molecule has 0 spiro atoms. The minimum Gasteiger partial charge on any atom is -0.325 e. The van der Waals surface area contributed by atoms with Crippen LogP contribution in [0.2, 0.25) is 0 Å². The van der Waals surface area contributed by atoms with Crippen LogP contribution in [0.15, 0.2) is 48.5 Å². The molecular formula is C20H21N3O4. The third-order valence-corrected chi connectivity index (χ3v) is 4.90. The summed E-state index contributed by atoms with van der Waals surface area (Å²) in [6.45, 7) is 4.59. The number of rotatable bonds is 4. The van der Waals surface area contributed by atoms with Crippen molar-refractivity contribution in [2.24, 2.45) is 0 Å². The SMILES string of the molecule is CCc1ccc(N2CCN(C(=O)c3ccc([N+](=O)[O-])cc3)C(C)C2=O)cc1. The quantitative estimate of drug-likeness (QED) is 0.614. The van der Waals surface area contributed by atoms with Gasteiger partial charge in [0, 0.05) is 36.5 Å². The van der Waals surface area contributed by atoms with E-state index in [-0.39, 0.29) is 17.5 Å². The third kappa shape index (κ3) is 3.67. The average molecular weight is 367 g/mol. The van der Waals surface area contributed by atoms with Crippen LogP contribution in [-0.2, 0) is 11.2 Å². The Morgan fingerprint density at radius 1 is 1.11 bits per heavy atom. The molecule has 2 aromatic rings. The molecule has 0 saturated carbocycles. The highest BCUT2D eigenvalue weighted by molar-refractivity contribution is 6.03. The van der Waals surface area contributed by atoms with Crippen molar-refractivity contribution in [2.75, 3.05) is 18.0 Å². The second-order valence-corrected chi connectivity index (χ2v) is 6.49. The zero-order chi connectivity index (χ0) is 19.6. The fourth-order valence-corrected chi connectivity index (χ4v) is 3.21. The molecule has 1 aliphatic heterocycles. The first-order chi connectivity index (χ1) is 12.9. The summed E-state index contributed by atoms with van der Waals surface area (Å²) in [7, 11) is 0. The van der Waals surface area contributed by atoms with Crippen molar-refractivity contribution in [1.29, 1.82) is 0 Å². The van der Waals surface area contributed by atoms with Crippen LogP contribution < -0.4 is 4.90 Å². The van der Waals surface area contributed by atoms with Crippen LogP contribution in [0.1, 0.15) is 29.8 Å². The normalized spacial score (nSPS) is 17.1. The van der Waals surface area contributed by atoms with Crippen molar-refractivity contribution < 1.29 is 14.5 Å². The molecule has 7 heteroatoms. The van der Waals surface area contributed by atoms with E-state index in [0.29, 0.717) is 18.7 Å². The van der Waals surface area contributed by atoms with Gasteiger partial charge < -0.3 is 9.80 Å². The number of nitro benzene ring substituents is 1. The van der Waals surface area contributed by atoms with E-state index in [1.54, 1.807) is 11.8 Å². The van der Waals surface area contributed by atoms with Crippen molar-refractivity contribution in [3.05, 3.63) is 69.8 Å². The Bertz CT molecular complexity index is 862. The molecule has 27 heavy (non-hydrogen) atoms. The van der Waals surface area contributed by atoms with Gasteiger partial charge in [0.05, 0.1) is 4.92 Å². The van der Waals surface area contributed by atoms with Crippen molar-refractivity contribution in [2.45, 2.75) is 26.3 Å². The molecule has 0 N–H and O–H groups in total. The molecule has 1 saturated heterocycles. The molecule has 1 unspecified atom stereocenters. The smallest absolute Gasteiger partial charge is 0.269 e. The Morgan fingerprint density at radius 2 is 1.74 bits per heavy atom. The van der Waals surface area contributed by atoms with E-state index in [2.05, 4.69) is 6.92 Å². The van der Waals surface area contributed by atoms with E-state index in [0.717, 1.165) is 12.1 Å². The Kier molecular flexibility index (Phi) is 5.21. The number of anilines is 1. The van der Waals surface area contributed by atoms with Gasteiger partial charge in [-0.3, -0.25) is 19.7 Å². The molecule has 140 valence electrons. The van der Waals surface area contributed by atoms with Crippen molar-refractivity contribution in [1.82, 2.24) is 4.90 Å². The molecule has 1 heterocycles. The van der Waals surface area contributed by atoms with Crippen LogP contribution in [0.25, 0.3) is 0 Å². The largest absolute Gasteiger partial charge is 0.325 e. The molecule has 1 atom stereocenters. The fourth-order valence-electron chi connectivity index (χ4n) is 3.21. The molecular weight excluding hydrogens is 346 g/mol. The van der Waals surface area contributed by atoms with Gasteiger partial charge in [0.15, 0.2) is 0 Å². The minimum atomic E-state index is -0.604. The van der Waals surface area contributed by atoms with Crippen molar-refractivity contribution >= 4 is 23.2 Å². The van der Waals surface area contributed by atoms with Gasteiger partial charge in [0.25, 0.3) is 11.6 Å². The van der Waals surface area contributed by atoms with E-state index >= 15 is 0 Å². The van der Waals surface area contributed by atoms with Crippen molar-refractivity contribution in [3.8, 4) is 0 Å². The van der Waals surface area contributed by atoms with Gasteiger partial charge in [-0.2, -0.15) is 0 Å². The van der Waals surface area contributed by atoms with Crippen LogP contribution in [-0.4, -0.2) is 40.8 Å². The topological polar surface area (TPSA) is 83.8 Å². The molecule has 3 rings (SSSR count). The summed E-state index contributed by atoms with van der Waals surface area (Å²) in [5.74, 6) is -0.438. The Balaban J connectivity index is 1.75. The predicted octanol–water partition coefficient (Wildman–Crippen LogP) is 3.03. The second-order valence-electron chi connectivity index (χ2n) is 6.49. The Morgan fingerprint density at radius 3 is 2.30 bits per heavy atom. The van der Waals surface area contributed by atoms with Crippen LogP contribution in [0.5, 0.6) is 0 Å². The van der Waals surface area contributed by atoms with E-state index in [9.17, 15) is 19.7 Å². The Labute approximate surface area is 157 Å². The lowest BCUT2D eigenvalue weighted by Crippen LogP contribution is -2.57. The maximum atomic E-state index is 12.8. The van der Waals surface area contributed by atoms with E-state index in [4.69, 9.17) is 0 Å². The standard InChI is InChI=1S/C20H21N3O4/c1-3-15-4-8-17(9-5-15)22-13-12-21(14(2)19(22)24)20(25)16-6-10-18(11-7-16)23(26)27/h4-11,14H,3,12-13H2,1-2H3. The van der Waals surface area contributed by atoms with Gasteiger partial charge in [0.1, 0.15) is 6.04 Å². The summed E-state index contributed by atoms with van der Waals surface area (Å²) in [5, 5.41) is 10.7. The molecule has 0 aromatic heterocycles. The van der Waals surface area contributed by atoms with Gasteiger partial charge in [0.2, 0.25) is 5.91 Å². The predicted molar refractivity (Wildman–Crippen MR) is 102 cm³/mol. The summed E-state index contributed by atoms with van der Waals surface area (Å²) in [4.78, 5) is 39.0. The monoisotopic (exact) mass is 367 g/mol. The molecule has 2 aromatic carbocycles. The second kappa shape index (κ2) is 7.57. The number of carbonyl (C=O) groups excluding carboxylic acids is 2. The van der Waals surface area contributed by atoms with Crippen LogP contribution in [0.4, 0.5) is 11.4 Å².